The van der Waals surface area contributed by atoms with E-state index < -0.39 is 24.5 Å². The molecule has 0 amide bonds. The average Bonchev–Trinajstić information content (AvgIpc) is 3.26. The van der Waals surface area contributed by atoms with Gasteiger partial charge < -0.3 is 14.8 Å². The van der Waals surface area contributed by atoms with Crippen LogP contribution in [0.3, 0.4) is 0 Å². The maximum atomic E-state index is 12.6. The number of hydrogen-bond acceptors (Lipinski definition) is 5. The first-order valence-corrected chi connectivity index (χ1v) is 9.49. The third-order valence-corrected chi connectivity index (χ3v) is 3.52. The lowest BCUT2D eigenvalue weighted by molar-refractivity contribution is -0.137. The van der Waals surface area contributed by atoms with Crippen molar-refractivity contribution < 1.29 is 27.1 Å². The van der Waals surface area contributed by atoms with Crippen LogP contribution in [0.15, 0.2) is 52.9 Å². The number of para-hydroxylation sites is 1. The second-order valence-electron chi connectivity index (χ2n) is 5.36. The second-order valence-corrected chi connectivity index (χ2v) is 5.36. The van der Waals surface area contributed by atoms with Crippen LogP contribution in [0.4, 0.5) is 28.9 Å². The van der Waals surface area contributed by atoms with Crippen molar-refractivity contribution in [2.45, 2.75) is 40.0 Å². The molecule has 0 radical (unpaired) electrons. The van der Waals surface area contributed by atoms with Gasteiger partial charge in [0.1, 0.15) is 6.67 Å². The summed E-state index contributed by atoms with van der Waals surface area (Å²) in [5.41, 5.74) is 0.626. The van der Waals surface area contributed by atoms with Crippen molar-refractivity contribution in [1.82, 2.24) is 10.2 Å². The summed E-state index contributed by atoms with van der Waals surface area (Å²) in [7, 11) is 0. The number of nitrogens with one attached hydrogen (secondary N) is 1. The Labute approximate surface area is 172 Å². The molecule has 1 unspecified atom stereocenters. The number of nitrogens with zero attached hydrogens (tertiary/aromatic N) is 2. The average molecular weight is 427 g/mol. The zero-order valence-electron chi connectivity index (χ0n) is 17.2. The van der Waals surface area contributed by atoms with Crippen molar-refractivity contribution in [3.05, 3.63) is 60.0 Å². The molecule has 0 aliphatic rings. The lowest BCUT2D eigenvalue weighted by Gasteiger charge is -2.11. The highest BCUT2D eigenvalue weighted by Crippen LogP contribution is 2.33. The third kappa shape index (κ3) is 6.55. The first kappa shape index (κ1) is 25.1. The molecule has 2 aromatic carbocycles. The number of alkyl halides is 4. The lowest BCUT2D eigenvalue weighted by Crippen LogP contribution is -2.04. The molecule has 1 heterocycles. The summed E-state index contributed by atoms with van der Waals surface area (Å²) in [5, 5.41) is 19.7. The molecule has 3 rings (SSSR count). The number of aromatic nitrogens is 2. The predicted molar refractivity (Wildman–Crippen MR) is 108 cm³/mol. The van der Waals surface area contributed by atoms with Gasteiger partial charge in [-0.15, -0.1) is 10.2 Å². The maximum Gasteiger partial charge on any atom is 0.416 e. The molecule has 0 bridgehead atoms. The van der Waals surface area contributed by atoms with Crippen LogP contribution in [-0.2, 0) is 6.18 Å². The number of aliphatic hydroxyl groups is 1. The fourth-order valence-corrected chi connectivity index (χ4v) is 2.22. The van der Waals surface area contributed by atoms with E-state index in [1.54, 1.807) is 24.3 Å². The monoisotopic (exact) mass is 427 g/mol. The zero-order valence-corrected chi connectivity index (χ0v) is 17.2. The number of benzene rings is 2. The molecule has 30 heavy (non-hydrogen) atoms. The van der Waals surface area contributed by atoms with Gasteiger partial charge in [0.25, 0.3) is 0 Å². The van der Waals surface area contributed by atoms with E-state index in [0.717, 1.165) is 12.1 Å². The quantitative estimate of drug-likeness (QED) is 0.452. The summed E-state index contributed by atoms with van der Waals surface area (Å²) in [5.74, 6) is -0.214. The van der Waals surface area contributed by atoms with Gasteiger partial charge in [-0.05, 0) is 36.4 Å². The minimum Gasteiger partial charge on any atom is -0.418 e. The molecule has 0 spiro atoms. The first-order valence-electron chi connectivity index (χ1n) is 9.49. The van der Waals surface area contributed by atoms with Gasteiger partial charge >= 0.3 is 6.18 Å². The lowest BCUT2D eigenvalue weighted by atomic mass is 10.1. The smallest absolute Gasteiger partial charge is 0.416 e. The Bertz CT molecular complexity index is 880. The normalized spacial score (nSPS) is 11.5. The molecule has 0 saturated heterocycles. The number of hydrogen-bond donors (Lipinski definition) is 2. The Balaban J connectivity index is 0.00000106. The number of rotatable bonds is 5. The molecule has 164 valence electrons. The first-order chi connectivity index (χ1) is 14.4. The molecule has 0 fully saturated rings. The van der Waals surface area contributed by atoms with Crippen LogP contribution in [0.1, 0.15) is 45.3 Å². The minimum absolute atomic E-state index is 0.0440. The highest BCUT2D eigenvalue weighted by atomic mass is 19.4. The molecular formula is C21H25F4N3O2. The van der Waals surface area contributed by atoms with Crippen LogP contribution in [0.5, 0.6) is 0 Å². The van der Waals surface area contributed by atoms with Gasteiger partial charge in [-0.3, -0.25) is 0 Å². The summed E-state index contributed by atoms with van der Waals surface area (Å²) >= 11 is 0. The molecule has 0 aliphatic carbocycles. The van der Waals surface area contributed by atoms with E-state index in [9.17, 15) is 22.7 Å². The van der Waals surface area contributed by atoms with Crippen LogP contribution in [0.25, 0.3) is 11.5 Å². The van der Waals surface area contributed by atoms with Crippen LogP contribution in [0, 0.1) is 0 Å². The van der Waals surface area contributed by atoms with Crippen LogP contribution in [0.2, 0.25) is 0 Å². The molecule has 1 atom stereocenters. The van der Waals surface area contributed by atoms with Crippen molar-refractivity contribution in [1.29, 1.82) is 0 Å². The Kier molecular flexibility index (Phi) is 9.97. The molecule has 5 nitrogen and oxygen atoms in total. The Morgan fingerprint density at radius 1 is 0.967 bits per heavy atom. The van der Waals surface area contributed by atoms with Gasteiger partial charge in [-0.2, -0.15) is 13.2 Å². The Morgan fingerprint density at radius 2 is 1.57 bits per heavy atom. The molecule has 0 aliphatic heterocycles. The van der Waals surface area contributed by atoms with Gasteiger partial charge in [0.2, 0.25) is 11.8 Å². The maximum absolute atomic E-state index is 12.6. The molecule has 3 aromatic rings. The highest BCUT2D eigenvalue weighted by molar-refractivity contribution is 5.76. The fourth-order valence-electron chi connectivity index (χ4n) is 2.22. The van der Waals surface area contributed by atoms with E-state index in [-0.39, 0.29) is 11.8 Å². The zero-order chi connectivity index (χ0) is 22.7. The van der Waals surface area contributed by atoms with Crippen molar-refractivity contribution in [2.75, 3.05) is 12.0 Å². The molecule has 2 N–H and O–H groups in total. The van der Waals surface area contributed by atoms with Crippen LogP contribution >= 0.6 is 0 Å². The molecular weight excluding hydrogens is 402 g/mol. The van der Waals surface area contributed by atoms with E-state index >= 15 is 0 Å². The summed E-state index contributed by atoms with van der Waals surface area (Å²) in [6, 6.07) is 11.2. The summed E-state index contributed by atoms with van der Waals surface area (Å²) in [4.78, 5) is 0. The van der Waals surface area contributed by atoms with E-state index in [2.05, 4.69) is 15.5 Å². The Morgan fingerprint density at radius 3 is 2.13 bits per heavy atom. The van der Waals surface area contributed by atoms with Crippen molar-refractivity contribution in [3.8, 4) is 11.5 Å². The Hall–Kier alpha value is -2.94. The highest BCUT2D eigenvalue weighted by Gasteiger charge is 2.30. The SMILES string of the molecule is CC.CC.OC(CF)c1nnc(-c2ccccc2Nc2ccc(C(F)(F)F)cc2)o1. The summed E-state index contributed by atoms with van der Waals surface area (Å²) < 4.78 is 55.7. The topological polar surface area (TPSA) is 71.2 Å². The number of halogens is 4. The van der Waals surface area contributed by atoms with E-state index in [1.807, 2.05) is 27.7 Å². The van der Waals surface area contributed by atoms with Gasteiger partial charge in [0.15, 0.2) is 6.10 Å². The largest absolute Gasteiger partial charge is 0.418 e. The fraction of sp³-hybridized carbons (Fsp3) is 0.333. The van der Waals surface area contributed by atoms with Gasteiger partial charge in [-0.25, -0.2) is 4.39 Å². The predicted octanol–water partition coefficient (Wildman–Crippen LogP) is 6.55. The van der Waals surface area contributed by atoms with E-state index in [1.165, 1.54) is 12.1 Å². The van der Waals surface area contributed by atoms with Crippen molar-refractivity contribution in [3.63, 3.8) is 0 Å². The van der Waals surface area contributed by atoms with Crippen molar-refractivity contribution in [2.24, 2.45) is 0 Å². The van der Waals surface area contributed by atoms with E-state index in [0.29, 0.717) is 16.9 Å². The van der Waals surface area contributed by atoms with E-state index in [4.69, 9.17) is 4.42 Å². The third-order valence-electron chi connectivity index (χ3n) is 3.52. The minimum atomic E-state index is -4.41. The van der Waals surface area contributed by atoms with Crippen LogP contribution in [-0.4, -0.2) is 22.0 Å². The molecule has 0 saturated carbocycles. The van der Waals surface area contributed by atoms with Crippen molar-refractivity contribution >= 4 is 11.4 Å². The molecule has 9 heteroatoms. The van der Waals surface area contributed by atoms with Gasteiger partial charge in [0, 0.05) is 5.69 Å². The second kappa shape index (κ2) is 11.9. The number of anilines is 2. The van der Waals surface area contributed by atoms with Gasteiger partial charge in [-0.1, -0.05) is 39.8 Å². The molecule has 1 aromatic heterocycles. The number of aliphatic hydroxyl groups excluding tert-OH is 1. The summed E-state index contributed by atoms with van der Waals surface area (Å²) in [6.45, 7) is 6.94. The van der Waals surface area contributed by atoms with Crippen LogP contribution < -0.4 is 5.32 Å². The van der Waals surface area contributed by atoms with Gasteiger partial charge in [0.05, 0.1) is 16.8 Å². The summed E-state index contributed by atoms with van der Waals surface area (Å²) in [6.07, 6.45) is -5.92. The standard InChI is InChI=1S/C17H13F4N3O2.2C2H6/c18-9-14(25)16-24-23-15(26-16)12-3-1-2-4-13(12)22-11-7-5-10(6-8-11)17(19,20)21;2*1-2/h1-8,14,22,25H,9H2;2*1-2H3.